The quantitative estimate of drug-likeness (QED) is 0.829. The molecule has 2 rings (SSSR count). The molecule has 0 radical (unpaired) electrons. The second-order valence-corrected chi connectivity index (χ2v) is 5.22. The van der Waals surface area contributed by atoms with Gasteiger partial charge in [-0.25, -0.2) is 0 Å². The molecule has 92 valence electrons. The molecule has 0 aliphatic heterocycles. The average molecular weight is 351 g/mol. The standard InChI is InChI=1S/C15H14INO/c1-2-11-6-3-4-9-14(11)15(18)17-13-8-5-7-12(16)10-13/h3-10H,2H2,1H3,(H,17,18). The lowest BCUT2D eigenvalue weighted by Crippen LogP contribution is -2.14. The molecule has 0 aliphatic carbocycles. The number of benzene rings is 2. The summed E-state index contributed by atoms with van der Waals surface area (Å²) in [4.78, 5) is 12.2. The molecule has 0 saturated heterocycles. The summed E-state index contributed by atoms with van der Waals surface area (Å²) in [7, 11) is 0. The van der Waals surface area contributed by atoms with E-state index in [1.165, 1.54) is 0 Å². The van der Waals surface area contributed by atoms with Crippen molar-refractivity contribution in [3.8, 4) is 0 Å². The highest BCUT2D eigenvalue weighted by atomic mass is 127. The normalized spacial score (nSPS) is 10.1. The molecule has 3 heteroatoms. The first-order valence-corrected chi connectivity index (χ1v) is 6.93. The van der Waals surface area contributed by atoms with Crippen LogP contribution < -0.4 is 5.32 Å². The van der Waals surface area contributed by atoms with Crippen molar-refractivity contribution in [2.24, 2.45) is 0 Å². The topological polar surface area (TPSA) is 29.1 Å². The summed E-state index contributed by atoms with van der Waals surface area (Å²) in [5, 5.41) is 2.93. The molecule has 0 atom stereocenters. The molecule has 0 aliphatic rings. The van der Waals surface area contributed by atoms with E-state index >= 15 is 0 Å². The van der Waals surface area contributed by atoms with E-state index in [0.717, 1.165) is 26.8 Å². The van der Waals surface area contributed by atoms with Crippen LogP contribution in [0, 0.1) is 3.57 Å². The van der Waals surface area contributed by atoms with Gasteiger partial charge >= 0.3 is 0 Å². The molecule has 0 saturated carbocycles. The Morgan fingerprint density at radius 3 is 2.67 bits per heavy atom. The second-order valence-electron chi connectivity index (χ2n) is 3.98. The Balaban J connectivity index is 2.22. The van der Waals surface area contributed by atoms with Crippen LogP contribution in [0.2, 0.25) is 0 Å². The highest BCUT2D eigenvalue weighted by Gasteiger charge is 2.09. The van der Waals surface area contributed by atoms with Crippen LogP contribution in [-0.4, -0.2) is 5.91 Å². The fraction of sp³-hybridized carbons (Fsp3) is 0.133. The van der Waals surface area contributed by atoms with Gasteiger partial charge in [-0.05, 0) is 58.8 Å². The fourth-order valence-corrected chi connectivity index (χ4v) is 2.36. The number of halogens is 1. The maximum Gasteiger partial charge on any atom is 0.255 e. The Morgan fingerprint density at radius 2 is 1.94 bits per heavy atom. The Bertz CT molecular complexity index is 566. The summed E-state index contributed by atoms with van der Waals surface area (Å²) in [6, 6.07) is 15.5. The van der Waals surface area contributed by atoms with E-state index in [1.807, 2.05) is 48.5 Å². The average Bonchev–Trinajstić information content (AvgIpc) is 2.38. The van der Waals surface area contributed by atoms with Crippen molar-refractivity contribution < 1.29 is 4.79 Å². The fourth-order valence-electron chi connectivity index (χ4n) is 1.81. The summed E-state index contributed by atoms with van der Waals surface area (Å²) in [5.41, 5.74) is 2.65. The van der Waals surface area contributed by atoms with Crippen LogP contribution in [0.4, 0.5) is 5.69 Å². The zero-order valence-corrected chi connectivity index (χ0v) is 12.3. The predicted molar refractivity (Wildman–Crippen MR) is 82.9 cm³/mol. The van der Waals surface area contributed by atoms with Gasteiger partial charge in [-0.1, -0.05) is 31.2 Å². The zero-order chi connectivity index (χ0) is 13.0. The molecule has 1 N–H and O–H groups in total. The van der Waals surface area contributed by atoms with Crippen LogP contribution in [0.1, 0.15) is 22.8 Å². The predicted octanol–water partition coefficient (Wildman–Crippen LogP) is 4.11. The first kappa shape index (κ1) is 13.1. The second kappa shape index (κ2) is 6.00. The monoisotopic (exact) mass is 351 g/mol. The third-order valence-corrected chi connectivity index (χ3v) is 3.40. The van der Waals surface area contributed by atoms with E-state index in [1.54, 1.807) is 0 Å². The van der Waals surface area contributed by atoms with Gasteiger partial charge in [-0.3, -0.25) is 4.79 Å². The van der Waals surface area contributed by atoms with Gasteiger partial charge in [0.2, 0.25) is 0 Å². The molecule has 2 aromatic rings. The summed E-state index contributed by atoms with van der Waals surface area (Å²) in [6.45, 7) is 2.05. The number of rotatable bonds is 3. The van der Waals surface area contributed by atoms with Crippen molar-refractivity contribution in [2.45, 2.75) is 13.3 Å². The Labute approximate surface area is 121 Å². The first-order valence-electron chi connectivity index (χ1n) is 5.85. The Hall–Kier alpha value is -1.36. The SMILES string of the molecule is CCc1ccccc1C(=O)Nc1cccc(I)c1. The molecule has 0 spiro atoms. The lowest BCUT2D eigenvalue weighted by Gasteiger charge is -2.09. The van der Waals surface area contributed by atoms with E-state index in [2.05, 4.69) is 34.8 Å². The number of hydrogen-bond donors (Lipinski definition) is 1. The third kappa shape index (κ3) is 3.10. The molecule has 1 amide bonds. The smallest absolute Gasteiger partial charge is 0.255 e. The maximum absolute atomic E-state index is 12.2. The highest BCUT2D eigenvalue weighted by molar-refractivity contribution is 14.1. The van der Waals surface area contributed by atoms with Gasteiger partial charge in [0.15, 0.2) is 0 Å². The Morgan fingerprint density at radius 1 is 1.17 bits per heavy atom. The number of carbonyl (C=O) groups excluding carboxylic acids is 1. The van der Waals surface area contributed by atoms with Gasteiger partial charge in [0, 0.05) is 14.8 Å². The molecule has 2 aromatic carbocycles. The van der Waals surface area contributed by atoms with Crippen LogP contribution in [0.25, 0.3) is 0 Å². The van der Waals surface area contributed by atoms with Gasteiger partial charge in [-0.2, -0.15) is 0 Å². The van der Waals surface area contributed by atoms with Crippen LogP contribution in [0.3, 0.4) is 0 Å². The van der Waals surface area contributed by atoms with Crippen molar-refractivity contribution in [1.29, 1.82) is 0 Å². The molecule has 0 aromatic heterocycles. The lowest BCUT2D eigenvalue weighted by atomic mass is 10.0. The maximum atomic E-state index is 12.2. The number of nitrogens with one attached hydrogen (secondary N) is 1. The summed E-state index contributed by atoms with van der Waals surface area (Å²) >= 11 is 2.23. The lowest BCUT2D eigenvalue weighted by molar-refractivity contribution is 0.102. The van der Waals surface area contributed by atoms with E-state index in [0.29, 0.717) is 0 Å². The highest BCUT2D eigenvalue weighted by Crippen LogP contribution is 2.15. The molecule has 0 fully saturated rings. The third-order valence-electron chi connectivity index (χ3n) is 2.73. The molecule has 0 heterocycles. The van der Waals surface area contributed by atoms with Gasteiger partial charge < -0.3 is 5.32 Å². The summed E-state index contributed by atoms with van der Waals surface area (Å²) in [6.07, 6.45) is 0.857. The molecular formula is C15H14INO. The van der Waals surface area contributed by atoms with E-state index in [-0.39, 0.29) is 5.91 Å². The number of aryl methyl sites for hydroxylation is 1. The first-order chi connectivity index (χ1) is 8.70. The molecule has 18 heavy (non-hydrogen) atoms. The number of anilines is 1. The summed E-state index contributed by atoms with van der Waals surface area (Å²) < 4.78 is 1.11. The minimum Gasteiger partial charge on any atom is -0.322 e. The van der Waals surface area contributed by atoms with Crippen molar-refractivity contribution in [1.82, 2.24) is 0 Å². The minimum absolute atomic E-state index is 0.0468. The minimum atomic E-state index is -0.0468. The van der Waals surface area contributed by atoms with Crippen LogP contribution in [0.15, 0.2) is 48.5 Å². The number of amides is 1. The number of hydrogen-bond acceptors (Lipinski definition) is 1. The zero-order valence-electron chi connectivity index (χ0n) is 10.1. The van der Waals surface area contributed by atoms with E-state index < -0.39 is 0 Å². The van der Waals surface area contributed by atoms with Crippen LogP contribution in [0.5, 0.6) is 0 Å². The molecule has 0 bridgehead atoms. The van der Waals surface area contributed by atoms with Crippen molar-refractivity contribution in [3.63, 3.8) is 0 Å². The van der Waals surface area contributed by atoms with Crippen LogP contribution >= 0.6 is 22.6 Å². The van der Waals surface area contributed by atoms with Crippen LogP contribution in [-0.2, 0) is 6.42 Å². The largest absolute Gasteiger partial charge is 0.322 e. The molecular weight excluding hydrogens is 337 g/mol. The van der Waals surface area contributed by atoms with Gasteiger partial charge in [-0.15, -0.1) is 0 Å². The van der Waals surface area contributed by atoms with Gasteiger partial charge in [0.1, 0.15) is 0 Å². The van der Waals surface area contributed by atoms with E-state index in [9.17, 15) is 4.79 Å². The number of carbonyl (C=O) groups is 1. The molecule has 2 nitrogen and oxygen atoms in total. The summed E-state index contributed by atoms with van der Waals surface area (Å²) in [5.74, 6) is -0.0468. The van der Waals surface area contributed by atoms with Gasteiger partial charge in [0.25, 0.3) is 5.91 Å². The Kier molecular flexibility index (Phi) is 4.36. The van der Waals surface area contributed by atoms with Crippen molar-refractivity contribution in [2.75, 3.05) is 5.32 Å². The van der Waals surface area contributed by atoms with Crippen molar-refractivity contribution in [3.05, 3.63) is 63.2 Å². The molecule has 0 unspecified atom stereocenters. The van der Waals surface area contributed by atoms with Crippen molar-refractivity contribution >= 4 is 34.2 Å². The van der Waals surface area contributed by atoms with Gasteiger partial charge in [0.05, 0.1) is 0 Å². The van der Waals surface area contributed by atoms with E-state index in [4.69, 9.17) is 0 Å².